The van der Waals surface area contributed by atoms with Crippen molar-refractivity contribution in [3.8, 4) is 0 Å². The van der Waals surface area contributed by atoms with E-state index in [0.717, 1.165) is 16.9 Å². The predicted octanol–water partition coefficient (Wildman–Crippen LogP) is 2.64. The van der Waals surface area contributed by atoms with Crippen LogP contribution in [0.2, 0.25) is 0 Å². The van der Waals surface area contributed by atoms with Gasteiger partial charge in [0.2, 0.25) is 0 Å². The van der Waals surface area contributed by atoms with Crippen LogP contribution in [0.1, 0.15) is 52.3 Å². The quantitative estimate of drug-likeness (QED) is 0.887. The molecule has 0 bridgehead atoms. The molecule has 2 rings (SSSR count). The zero-order valence-corrected chi connectivity index (χ0v) is 11.7. The summed E-state index contributed by atoms with van der Waals surface area (Å²) in [6.45, 7) is 10.2. The number of nitrogens with zero attached hydrogens (tertiary/aromatic N) is 3. The van der Waals surface area contributed by atoms with Crippen LogP contribution in [0.25, 0.3) is 5.65 Å². The molecule has 0 aliphatic carbocycles. The fourth-order valence-corrected chi connectivity index (χ4v) is 2.08. The minimum atomic E-state index is -0.887. The van der Waals surface area contributed by atoms with Crippen molar-refractivity contribution in [1.82, 2.24) is 14.6 Å². The third-order valence-corrected chi connectivity index (χ3v) is 3.47. The number of rotatable bonds is 2. The lowest BCUT2D eigenvalue weighted by Gasteiger charge is -2.25. The van der Waals surface area contributed by atoms with Crippen molar-refractivity contribution < 1.29 is 5.11 Å². The summed E-state index contributed by atoms with van der Waals surface area (Å²) >= 11 is 0. The van der Waals surface area contributed by atoms with Gasteiger partial charge in [0, 0.05) is 5.56 Å². The number of hydrogen-bond acceptors (Lipinski definition) is 3. The van der Waals surface area contributed by atoms with Gasteiger partial charge in [-0.25, -0.2) is 9.50 Å². The molecule has 0 unspecified atom stereocenters. The first-order valence-electron chi connectivity index (χ1n) is 6.33. The van der Waals surface area contributed by atoms with Gasteiger partial charge in [-0.05, 0) is 24.8 Å². The summed E-state index contributed by atoms with van der Waals surface area (Å²) in [5, 5.41) is 14.7. The van der Waals surface area contributed by atoms with Crippen LogP contribution in [0.4, 0.5) is 0 Å². The Kier molecular flexibility index (Phi) is 2.93. The molecule has 0 saturated heterocycles. The van der Waals surface area contributed by atoms with E-state index in [4.69, 9.17) is 0 Å². The Morgan fingerprint density at radius 1 is 1.22 bits per heavy atom. The molecule has 0 aliphatic heterocycles. The molecule has 1 N–H and O–H groups in total. The Labute approximate surface area is 108 Å². The molecule has 0 aromatic carbocycles. The van der Waals surface area contributed by atoms with Crippen molar-refractivity contribution in [1.29, 1.82) is 0 Å². The van der Waals surface area contributed by atoms with E-state index in [-0.39, 0.29) is 5.41 Å². The van der Waals surface area contributed by atoms with Crippen LogP contribution in [0, 0.1) is 0 Å². The van der Waals surface area contributed by atoms with Crippen LogP contribution in [0.15, 0.2) is 18.5 Å². The molecule has 0 saturated carbocycles. The van der Waals surface area contributed by atoms with Crippen molar-refractivity contribution in [3.63, 3.8) is 0 Å². The molecule has 4 heteroatoms. The second-order valence-electron chi connectivity index (χ2n) is 6.01. The molecule has 4 nitrogen and oxygen atoms in total. The van der Waals surface area contributed by atoms with Crippen molar-refractivity contribution in [2.75, 3.05) is 0 Å². The first-order valence-corrected chi connectivity index (χ1v) is 6.33. The average molecular weight is 247 g/mol. The third kappa shape index (κ3) is 2.01. The molecule has 0 radical (unpaired) electrons. The fraction of sp³-hybridized carbons (Fsp3) is 0.571. The topological polar surface area (TPSA) is 50.4 Å². The van der Waals surface area contributed by atoms with Gasteiger partial charge in [-0.3, -0.25) is 0 Å². The highest BCUT2D eigenvalue weighted by atomic mass is 16.3. The summed E-state index contributed by atoms with van der Waals surface area (Å²) in [5.74, 6) is 0. The predicted molar refractivity (Wildman–Crippen MR) is 71.5 cm³/mol. The van der Waals surface area contributed by atoms with E-state index in [1.807, 2.05) is 19.1 Å². The minimum Gasteiger partial charge on any atom is -0.384 e. The molecule has 2 aromatic heterocycles. The molecular formula is C14H21N3O. The number of hydrogen-bond donors (Lipinski definition) is 1. The van der Waals surface area contributed by atoms with E-state index in [2.05, 4.69) is 30.9 Å². The first kappa shape index (κ1) is 13.0. The lowest BCUT2D eigenvalue weighted by molar-refractivity contribution is 0.0462. The van der Waals surface area contributed by atoms with Gasteiger partial charge in [-0.15, -0.1) is 0 Å². The van der Waals surface area contributed by atoms with E-state index >= 15 is 0 Å². The summed E-state index contributed by atoms with van der Waals surface area (Å²) in [4.78, 5) is 4.33. The molecule has 2 heterocycles. The van der Waals surface area contributed by atoms with Crippen LogP contribution < -0.4 is 0 Å². The highest BCUT2D eigenvalue weighted by Crippen LogP contribution is 2.30. The maximum absolute atomic E-state index is 10.4. The van der Waals surface area contributed by atoms with Crippen molar-refractivity contribution >= 4 is 5.65 Å². The van der Waals surface area contributed by atoms with Crippen molar-refractivity contribution in [2.24, 2.45) is 0 Å². The summed E-state index contributed by atoms with van der Waals surface area (Å²) < 4.78 is 1.75. The maximum atomic E-state index is 10.4. The maximum Gasteiger partial charge on any atom is 0.159 e. The molecule has 2 aromatic rings. The van der Waals surface area contributed by atoms with Gasteiger partial charge >= 0.3 is 0 Å². The average Bonchev–Trinajstić information content (AvgIpc) is 2.74. The monoisotopic (exact) mass is 247 g/mol. The van der Waals surface area contributed by atoms with Gasteiger partial charge in [0.25, 0.3) is 0 Å². The minimum absolute atomic E-state index is 0.00485. The second kappa shape index (κ2) is 4.05. The van der Waals surface area contributed by atoms with Crippen molar-refractivity contribution in [2.45, 2.75) is 52.1 Å². The van der Waals surface area contributed by atoms with Gasteiger partial charge in [-0.1, -0.05) is 33.8 Å². The molecule has 0 spiro atoms. The highest BCUT2D eigenvalue weighted by Gasteiger charge is 2.27. The number of aromatic nitrogens is 3. The molecular weight excluding hydrogens is 226 g/mol. The highest BCUT2D eigenvalue weighted by molar-refractivity contribution is 5.51. The Morgan fingerprint density at radius 2 is 1.89 bits per heavy atom. The normalized spacial score (nSPS) is 15.9. The Morgan fingerprint density at radius 3 is 2.44 bits per heavy atom. The largest absolute Gasteiger partial charge is 0.384 e. The van der Waals surface area contributed by atoms with E-state index < -0.39 is 5.60 Å². The molecule has 0 aliphatic rings. The zero-order valence-electron chi connectivity index (χ0n) is 11.7. The Bertz CT molecular complexity index is 564. The van der Waals surface area contributed by atoms with E-state index in [9.17, 15) is 5.11 Å². The van der Waals surface area contributed by atoms with Gasteiger partial charge < -0.3 is 5.11 Å². The van der Waals surface area contributed by atoms with Crippen LogP contribution in [-0.2, 0) is 11.0 Å². The zero-order chi connectivity index (χ0) is 13.6. The molecule has 0 amide bonds. The number of aliphatic hydroxyl groups is 1. The summed E-state index contributed by atoms with van der Waals surface area (Å²) in [7, 11) is 0. The van der Waals surface area contributed by atoms with Gasteiger partial charge in [0.15, 0.2) is 5.65 Å². The molecule has 1 atom stereocenters. The van der Waals surface area contributed by atoms with E-state index in [1.54, 1.807) is 17.8 Å². The van der Waals surface area contributed by atoms with Crippen LogP contribution in [0.5, 0.6) is 0 Å². The third-order valence-electron chi connectivity index (χ3n) is 3.47. The lowest BCUT2D eigenvalue weighted by atomic mass is 9.86. The number of pyridine rings is 1. The summed E-state index contributed by atoms with van der Waals surface area (Å²) in [6, 6.07) is 4.00. The fourth-order valence-electron chi connectivity index (χ4n) is 2.08. The van der Waals surface area contributed by atoms with Gasteiger partial charge in [-0.2, -0.15) is 5.10 Å². The van der Waals surface area contributed by atoms with Gasteiger partial charge in [0.05, 0.1) is 5.69 Å². The lowest BCUT2D eigenvalue weighted by Crippen LogP contribution is -2.25. The summed E-state index contributed by atoms with van der Waals surface area (Å²) in [6.07, 6.45) is 2.18. The molecule has 98 valence electrons. The van der Waals surface area contributed by atoms with Crippen LogP contribution in [-0.4, -0.2) is 19.7 Å². The second-order valence-corrected chi connectivity index (χ2v) is 6.01. The summed E-state index contributed by atoms with van der Waals surface area (Å²) in [5.41, 5.74) is 1.86. The first-order chi connectivity index (χ1) is 8.27. The SMILES string of the molecule is CC[C@@](C)(O)c1ccc(C(C)(C)C)c2ncnn12. The van der Waals surface area contributed by atoms with E-state index in [1.165, 1.54) is 0 Å². The van der Waals surface area contributed by atoms with Crippen LogP contribution >= 0.6 is 0 Å². The Balaban J connectivity index is 2.73. The smallest absolute Gasteiger partial charge is 0.159 e. The standard InChI is InChI=1S/C14H21N3O/c1-6-14(5,18)11-8-7-10(13(2,3)4)12-15-9-16-17(11)12/h7-9,18H,6H2,1-5H3/t14-/m1/s1. The Hall–Kier alpha value is -1.42. The number of fused-ring (bicyclic) bond motifs is 1. The van der Waals surface area contributed by atoms with Crippen molar-refractivity contribution in [3.05, 3.63) is 29.7 Å². The molecule has 18 heavy (non-hydrogen) atoms. The van der Waals surface area contributed by atoms with Gasteiger partial charge in [0.1, 0.15) is 11.9 Å². The van der Waals surface area contributed by atoms with Crippen LogP contribution in [0.3, 0.4) is 0 Å². The molecule has 0 fully saturated rings. The van der Waals surface area contributed by atoms with E-state index in [0.29, 0.717) is 6.42 Å².